The van der Waals surface area contributed by atoms with Crippen molar-refractivity contribution in [3.05, 3.63) is 0 Å². The first-order chi connectivity index (χ1) is 9.15. The monoisotopic (exact) mass is 303 g/mol. The zero-order valence-corrected chi connectivity index (χ0v) is 13.0. The molecular weight excluding hydrogens is 282 g/mol. The predicted molar refractivity (Wildman–Crippen MR) is 80.1 cm³/mol. The Morgan fingerprint density at radius 2 is 2.26 bits per heavy atom. The van der Waals surface area contributed by atoms with Gasteiger partial charge in [-0.05, 0) is 12.3 Å². The van der Waals surface area contributed by atoms with E-state index in [4.69, 9.17) is 5.11 Å². The van der Waals surface area contributed by atoms with Crippen LogP contribution in [0.3, 0.4) is 0 Å². The fraction of sp³-hybridized carbons (Fsp3) is 0.750. The minimum Gasteiger partial charge on any atom is -0.481 e. The lowest BCUT2D eigenvalue weighted by atomic mass is 10.00. The molecule has 2 N–H and O–H groups in total. The summed E-state index contributed by atoms with van der Waals surface area (Å²) in [7, 11) is 0. The van der Waals surface area contributed by atoms with Crippen LogP contribution in [0.2, 0.25) is 0 Å². The standard InChI is InChI=1S/C12H21N3O2S2/c1-3-5-6-9(4-2)7-13-11-14-15-12(19-11)18-8-10(16)17/h9H,3-8H2,1-2H3,(H,13,14)(H,16,17). The number of unbranched alkanes of at least 4 members (excludes halogenated alkanes) is 1. The van der Waals surface area contributed by atoms with Gasteiger partial charge in [0.1, 0.15) is 0 Å². The van der Waals surface area contributed by atoms with E-state index in [9.17, 15) is 4.79 Å². The topological polar surface area (TPSA) is 75.1 Å². The van der Waals surface area contributed by atoms with Crippen LogP contribution in [-0.4, -0.2) is 33.6 Å². The van der Waals surface area contributed by atoms with Gasteiger partial charge < -0.3 is 10.4 Å². The van der Waals surface area contributed by atoms with Crippen LogP contribution < -0.4 is 5.32 Å². The lowest BCUT2D eigenvalue weighted by Crippen LogP contribution is -2.13. The van der Waals surface area contributed by atoms with Crippen molar-refractivity contribution in [2.75, 3.05) is 17.6 Å². The second-order valence-electron chi connectivity index (χ2n) is 4.35. The molecule has 0 aliphatic rings. The quantitative estimate of drug-likeness (QED) is 0.646. The number of nitrogens with one attached hydrogen (secondary N) is 1. The van der Waals surface area contributed by atoms with Gasteiger partial charge in [-0.1, -0.05) is 56.2 Å². The van der Waals surface area contributed by atoms with Gasteiger partial charge in [0.05, 0.1) is 5.75 Å². The number of aromatic nitrogens is 2. The third-order valence-corrected chi connectivity index (χ3v) is 4.81. The van der Waals surface area contributed by atoms with Crippen molar-refractivity contribution >= 4 is 34.2 Å². The molecule has 5 nitrogen and oxygen atoms in total. The molecule has 0 spiro atoms. The molecule has 0 aliphatic heterocycles. The number of rotatable bonds is 10. The third kappa shape index (κ3) is 6.77. The van der Waals surface area contributed by atoms with Gasteiger partial charge in [-0.25, -0.2) is 0 Å². The van der Waals surface area contributed by atoms with Crippen molar-refractivity contribution in [3.63, 3.8) is 0 Å². The fourth-order valence-corrected chi connectivity index (χ4v) is 3.12. The summed E-state index contributed by atoms with van der Waals surface area (Å²) in [6.07, 6.45) is 4.88. The Bertz CT molecular complexity index is 385. The number of carboxylic acids is 1. The van der Waals surface area contributed by atoms with Crippen LogP contribution in [0.4, 0.5) is 5.13 Å². The largest absolute Gasteiger partial charge is 0.481 e. The minimum absolute atomic E-state index is 0.0305. The van der Waals surface area contributed by atoms with E-state index in [1.54, 1.807) is 0 Å². The van der Waals surface area contributed by atoms with Gasteiger partial charge in [0.2, 0.25) is 5.13 Å². The molecule has 7 heteroatoms. The Hall–Kier alpha value is -0.820. The molecule has 0 aromatic carbocycles. The molecule has 0 amide bonds. The summed E-state index contributed by atoms with van der Waals surface area (Å²) in [5.74, 6) is -0.137. The summed E-state index contributed by atoms with van der Waals surface area (Å²) in [6, 6.07) is 0. The normalized spacial score (nSPS) is 12.3. The van der Waals surface area contributed by atoms with Crippen molar-refractivity contribution in [1.29, 1.82) is 0 Å². The summed E-state index contributed by atoms with van der Waals surface area (Å²) in [4.78, 5) is 10.5. The van der Waals surface area contributed by atoms with Crippen molar-refractivity contribution in [2.24, 2.45) is 5.92 Å². The van der Waals surface area contributed by atoms with Crippen molar-refractivity contribution in [3.8, 4) is 0 Å². The molecule has 1 atom stereocenters. The number of anilines is 1. The first kappa shape index (κ1) is 16.2. The lowest BCUT2D eigenvalue weighted by Gasteiger charge is -2.14. The molecule has 108 valence electrons. The number of aliphatic carboxylic acids is 1. The molecule has 0 saturated heterocycles. The van der Waals surface area contributed by atoms with Crippen molar-refractivity contribution < 1.29 is 9.90 Å². The van der Waals surface area contributed by atoms with E-state index in [1.165, 1.54) is 42.4 Å². The number of hydrogen-bond donors (Lipinski definition) is 2. The second kappa shape index (κ2) is 9.14. The molecule has 1 rings (SSSR count). The molecule has 0 aliphatic carbocycles. The summed E-state index contributed by atoms with van der Waals surface area (Å²) in [5.41, 5.74) is 0. The molecule has 19 heavy (non-hydrogen) atoms. The molecule has 0 bridgehead atoms. The average Bonchev–Trinajstić information content (AvgIpc) is 2.84. The number of carbonyl (C=O) groups is 1. The fourth-order valence-electron chi connectivity index (χ4n) is 1.64. The highest BCUT2D eigenvalue weighted by Gasteiger charge is 2.09. The Kier molecular flexibility index (Phi) is 7.81. The maximum atomic E-state index is 10.5. The Labute approximate surface area is 122 Å². The zero-order chi connectivity index (χ0) is 14.1. The Morgan fingerprint density at radius 1 is 1.47 bits per heavy atom. The maximum Gasteiger partial charge on any atom is 0.313 e. The summed E-state index contributed by atoms with van der Waals surface area (Å²) < 4.78 is 0.700. The molecule has 0 saturated carbocycles. The van der Waals surface area contributed by atoms with E-state index >= 15 is 0 Å². The number of nitrogens with zero attached hydrogens (tertiary/aromatic N) is 2. The molecule has 1 aromatic rings. The van der Waals surface area contributed by atoms with Gasteiger partial charge in [-0.2, -0.15) is 0 Å². The molecule has 1 heterocycles. The predicted octanol–water partition coefficient (Wildman–Crippen LogP) is 3.34. The van der Waals surface area contributed by atoms with Crippen LogP contribution in [-0.2, 0) is 4.79 Å². The SMILES string of the molecule is CCCCC(CC)CNc1nnc(SCC(=O)O)s1. The van der Waals surface area contributed by atoms with Crippen LogP contribution in [0, 0.1) is 5.92 Å². The summed E-state index contributed by atoms with van der Waals surface area (Å²) in [6.45, 7) is 5.32. The zero-order valence-electron chi connectivity index (χ0n) is 11.4. The highest BCUT2D eigenvalue weighted by atomic mass is 32.2. The Balaban J connectivity index is 2.34. The van der Waals surface area contributed by atoms with Crippen molar-refractivity contribution in [2.45, 2.75) is 43.9 Å². The van der Waals surface area contributed by atoms with E-state index in [1.807, 2.05) is 0 Å². The van der Waals surface area contributed by atoms with E-state index in [-0.39, 0.29) is 5.75 Å². The van der Waals surface area contributed by atoms with Gasteiger partial charge in [0, 0.05) is 6.54 Å². The van der Waals surface area contributed by atoms with Gasteiger partial charge in [-0.3, -0.25) is 4.79 Å². The molecule has 1 aromatic heterocycles. The van der Waals surface area contributed by atoms with E-state index in [0.29, 0.717) is 10.3 Å². The number of hydrogen-bond acceptors (Lipinski definition) is 6. The van der Waals surface area contributed by atoms with Crippen LogP contribution in [0.1, 0.15) is 39.5 Å². The van der Waals surface area contributed by atoms with E-state index in [0.717, 1.165) is 18.1 Å². The van der Waals surface area contributed by atoms with Crippen LogP contribution in [0.25, 0.3) is 0 Å². The van der Waals surface area contributed by atoms with Gasteiger partial charge in [0.25, 0.3) is 0 Å². The highest BCUT2D eigenvalue weighted by molar-refractivity contribution is 8.01. The third-order valence-electron chi connectivity index (χ3n) is 2.81. The van der Waals surface area contributed by atoms with Gasteiger partial charge in [-0.15, -0.1) is 10.2 Å². The van der Waals surface area contributed by atoms with Crippen molar-refractivity contribution in [1.82, 2.24) is 10.2 Å². The lowest BCUT2D eigenvalue weighted by molar-refractivity contribution is -0.133. The number of carboxylic acid groups (broad SMARTS) is 1. The molecule has 0 fully saturated rings. The first-order valence-electron chi connectivity index (χ1n) is 6.57. The maximum absolute atomic E-state index is 10.5. The number of thioether (sulfide) groups is 1. The minimum atomic E-state index is -0.833. The first-order valence-corrected chi connectivity index (χ1v) is 8.37. The average molecular weight is 303 g/mol. The van der Waals surface area contributed by atoms with E-state index < -0.39 is 5.97 Å². The second-order valence-corrected chi connectivity index (χ2v) is 6.55. The van der Waals surface area contributed by atoms with Gasteiger partial charge >= 0.3 is 5.97 Å². The molecule has 1 unspecified atom stereocenters. The highest BCUT2D eigenvalue weighted by Crippen LogP contribution is 2.25. The smallest absolute Gasteiger partial charge is 0.313 e. The molecule has 0 radical (unpaired) electrons. The van der Waals surface area contributed by atoms with E-state index in [2.05, 4.69) is 29.4 Å². The van der Waals surface area contributed by atoms with Crippen LogP contribution in [0.5, 0.6) is 0 Å². The summed E-state index contributed by atoms with van der Waals surface area (Å²) >= 11 is 2.63. The Morgan fingerprint density at radius 3 is 2.89 bits per heavy atom. The van der Waals surface area contributed by atoms with Crippen LogP contribution in [0.15, 0.2) is 4.34 Å². The van der Waals surface area contributed by atoms with Gasteiger partial charge in [0.15, 0.2) is 4.34 Å². The summed E-state index contributed by atoms with van der Waals surface area (Å²) in [5, 5.41) is 20.7. The molecular formula is C12H21N3O2S2. The van der Waals surface area contributed by atoms with Crippen LogP contribution >= 0.6 is 23.1 Å².